The number of benzene rings is 3. The topological polar surface area (TPSA) is 69.8 Å². The number of nitrogens with zero attached hydrogens (tertiary/aromatic N) is 1. The van der Waals surface area contributed by atoms with Gasteiger partial charge >= 0.3 is 6.03 Å². The molecule has 0 aliphatic carbocycles. The first kappa shape index (κ1) is 16.7. The van der Waals surface area contributed by atoms with E-state index in [1.165, 1.54) is 6.07 Å². The van der Waals surface area contributed by atoms with Gasteiger partial charge in [-0.05, 0) is 36.4 Å². The third kappa shape index (κ3) is 3.48. The smallest absolute Gasteiger partial charge is 0.323 e. The lowest BCUT2D eigenvalue weighted by molar-refractivity contribution is 0.262. The number of urea groups is 1. The van der Waals surface area contributed by atoms with Crippen LogP contribution in [-0.2, 0) is 0 Å². The quantitative estimate of drug-likeness (QED) is 0.470. The zero-order valence-electron chi connectivity index (χ0n) is 14.0. The molecule has 27 heavy (non-hydrogen) atoms. The SMILES string of the molecule is O=C(Nc1cccc(-c2nc3ccccc3[nH]2)c1)Nc1c(F)cccc1F. The molecule has 0 aliphatic rings. The number of anilines is 2. The van der Waals surface area contributed by atoms with Gasteiger partial charge in [-0.2, -0.15) is 0 Å². The van der Waals surface area contributed by atoms with Crippen molar-refractivity contribution in [3.63, 3.8) is 0 Å². The summed E-state index contributed by atoms with van der Waals surface area (Å²) in [7, 11) is 0. The first-order chi connectivity index (χ1) is 13.1. The number of nitrogens with one attached hydrogen (secondary N) is 3. The van der Waals surface area contributed by atoms with E-state index in [1.807, 2.05) is 30.3 Å². The first-order valence-electron chi connectivity index (χ1n) is 8.17. The van der Waals surface area contributed by atoms with Gasteiger partial charge in [0.25, 0.3) is 0 Å². The van der Waals surface area contributed by atoms with E-state index in [4.69, 9.17) is 0 Å². The summed E-state index contributed by atoms with van der Waals surface area (Å²) >= 11 is 0. The Labute approximate surface area is 153 Å². The summed E-state index contributed by atoms with van der Waals surface area (Å²) in [6.45, 7) is 0. The van der Waals surface area contributed by atoms with Crippen molar-refractivity contribution in [2.24, 2.45) is 0 Å². The fraction of sp³-hybridized carbons (Fsp3) is 0. The molecule has 0 unspecified atom stereocenters. The lowest BCUT2D eigenvalue weighted by Gasteiger charge is -2.10. The van der Waals surface area contributed by atoms with Crippen molar-refractivity contribution in [1.82, 2.24) is 9.97 Å². The van der Waals surface area contributed by atoms with E-state index in [-0.39, 0.29) is 0 Å². The number of hydrogen-bond donors (Lipinski definition) is 3. The molecule has 0 saturated heterocycles. The summed E-state index contributed by atoms with van der Waals surface area (Å²) in [4.78, 5) is 19.8. The van der Waals surface area contributed by atoms with E-state index in [9.17, 15) is 13.6 Å². The monoisotopic (exact) mass is 364 g/mol. The zero-order valence-corrected chi connectivity index (χ0v) is 14.0. The summed E-state index contributed by atoms with van der Waals surface area (Å²) in [5.74, 6) is -1.04. The number of hydrogen-bond acceptors (Lipinski definition) is 2. The molecular formula is C20H14F2N4O. The highest BCUT2D eigenvalue weighted by Gasteiger charge is 2.12. The van der Waals surface area contributed by atoms with E-state index in [0.29, 0.717) is 11.5 Å². The van der Waals surface area contributed by atoms with E-state index >= 15 is 0 Å². The number of carbonyl (C=O) groups is 1. The molecule has 4 aromatic rings. The van der Waals surface area contributed by atoms with Crippen molar-refractivity contribution >= 4 is 28.4 Å². The van der Waals surface area contributed by atoms with Crippen molar-refractivity contribution in [3.8, 4) is 11.4 Å². The third-order valence-corrected chi connectivity index (χ3v) is 3.98. The molecule has 4 rings (SSSR count). The van der Waals surface area contributed by atoms with Crippen LogP contribution in [0.3, 0.4) is 0 Å². The van der Waals surface area contributed by atoms with Crippen LogP contribution in [0.1, 0.15) is 0 Å². The van der Waals surface area contributed by atoms with Crippen molar-refractivity contribution in [3.05, 3.63) is 78.4 Å². The van der Waals surface area contributed by atoms with Gasteiger partial charge in [0.1, 0.15) is 23.1 Å². The number of aromatic amines is 1. The molecule has 134 valence electrons. The van der Waals surface area contributed by atoms with Crippen LogP contribution < -0.4 is 10.6 Å². The number of imidazole rings is 1. The number of halogens is 2. The largest absolute Gasteiger partial charge is 0.338 e. The molecular weight excluding hydrogens is 350 g/mol. The van der Waals surface area contributed by atoms with E-state index in [1.54, 1.807) is 18.2 Å². The maximum absolute atomic E-state index is 13.6. The van der Waals surface area contributed by atoms with E-state index < -0.39 is 23.4 Å². The number of rotatable bonds is 3. The summed E-state index contributed by atoms with van der Waals surface area (Å²) in [5.41, 5.74) is 2.46. The molecule has 0 radical (unpaired) electrons. The number of aromatic nitrogens is 2. The highest BCUT2D eigenvalue weighted by atomic mass is 19.1. The molecule has 2 amide bonds. The summed E-state index contributed by atoms with van der Waals surface area (Å²) in [5, 5.41) is 4.75. The van der Waals surface area contributed by atoms with Crippen LogP contribution in [0.15, 0.2) is 66.7 Å². The average molecular weight is 364 g/mol. The minimum Gasteiger partial charge on any atom is -0.338 e. The van der Waals surface area contributed by atoms with Gasteiger partial charge in [-0.15, -0.1) is 0 Å². The molecule has 0 aliphatic heterocycles. The van der Waals surface area contributed by atoms with Crippen molar-refractivity contribution < 1.29 is 13.6 Å². The Morgan fingerprint density at radius 1 is 0.889 bits per heavy atom. The molecule has 0 spiro atoms. The second-order valence-corrected chi connectivity index (χ2v) is 5.86. The lowest BCUT2D eigenvalue weighted by atomic mass is 10.2. The molecule has 7 heteroatoms. The average Bonchev–Trinajstić information content (AvgIpc) is 3.09. The van der Waals surface area contributed by atoms with Gasteiger partial charge in [0.05, 0.1) is 11.0 Å². The highest BCUT2D eigenvalue weighted by Crippen LogP contribution is 2.23. The van der Waals surface area contributed by atoms with E-state index in [0.717, 1.165) is 28.7 Å². The van der Waals surface area contributed by atoms with Crippen molar-refractivity contribution in [2.75, 3.05) is 10.6 Å². The second kappa shape index (κ2) is 6.87. The lowest BCUT2D eigenvalue weighted by Crippen LogP contribution is -2.21. The fourth-order valence-electron chi connectivity index (χ4n) is 2.73. The zero-order chi connectivity index (χ0) is 18.8. The number of carbonyl (C=O) groups excluding carboxylic acids is 1. The molecule has 3 N–H and O–H groups in total. The fourth-order valence-corrected chi connectivity index (χ4v) is 2.73. The minimum atomic E-state index is -0.846. The molecule has 0 fully saturated rings. The first-order valence-corrected chi connectivity index (χ1v) is 8.17. The van der Waals surface area contributed by atoms with Gasteiger partial charge in [-0.3, -0.25) is 0 Å². The Balaban J connectivity index is 1.55. The Hall–Kier alpha value is -3.74. The van der Waals surface area contributed by atoms with Crippen molar-refractivity contribution in [1.29, 1.82) is 0 Å². The molecule has 1 heterocycles. The molecule has 0 atom stereocenters. The third-order valence-electron chi connectivity index (χ3n) is 3.98. The minimum absolute atomic E-state index is 0.460. The maximum Gasteiger partial charge on any atom is 0.323 e. The van der Waals surface area contributed by atoms with Gasteiger partial charge in [0, 0.05) is 11.3 Å². The van der Waals surface area contributed by atoms with Crippen LogP contribution >= 0.6 is 0 Å². The number of H-pyrrole nitrogens is 1. The van der Waals surface area contributed by atoms with Crippen LogP contribution in [-0.4, -0.2) is 16.0 Å². The number of fused-ring (bicyclic) bond motifs is 1. The van der Waals surface area contributed by atoms with Crippen LogP contribution in [0.5, 0.6) is 0 Å². The Morgan fingerprint density at radius 2 is 1.63 bits per heavy atom. The normalized spacial score (nSPS) is 10.7. The standard InChI is InChI=1S/C20H14F2N4O/c21-14-7-4-8-15(22)18(14)26-20(27)23-13-6-3-5-12(11-13)19-24-16-9-1-2-10-17(16)25-19/h1-11H,(H,24,25)(H2,23,26,27). The molecule has 5 nitrogen and oxygen atoms in total. The molecule has 0 bridgehead atoms. The Bertz CT molecular complexity index is 1090. The highest BCUT2D eigenvalue weighted by molar-refractivity contribution is 6.00. The van der Waals surface area contributed by atoms with Gasteiger partial charge in [0.2, 0.25) is 0 Å². The van der Waals surface area contributed by atoms with Crippen molar-refractivity contribution in [2.45, 2.75) is 0 Å². The van der Waals surface area contributed by atoms with Crippen LogP contribution in [0.25, 0.3) is 22.4 Å². The Morgan fingerprint density at radius 3 is 2.41 bits per heavy atom. The van der Waals surface area contributed by atoms with Gasteiger partial charge < -0.3 is 15.6 Å². The summed E-state index contributed by atoms with van der Waals surface area (Å²) in [6, 6.07) is 17.2. The predicted octanol–water partition coefficient (Wildman–Crippen LogP) is 5.15. The molecule has 1 aromatic heterocycles. The molecule has 3 aromatic carbocycles. The van der Waals surface area contributed by atoms with Crippen LogP contribution in [0.4, 0.5) is 25.0 Å². The maximum atomic E-state index is 13.6. The molecule has 0 saturated carbocycles. The summed E-state index contributed by atoms with van der Waals surface area (Å²) < 4.78 is 27.3. The predicted molar refractivity (Wildman–Crippen MR) is 101 cm³/mol. The van der Waals surface area contributed by atoms with E-state index in [2.05, 4.69) is 20.6 Å². The number of amides is 2. The van der Waals surface area contributed by atoms with Gasteiger partial charge in [-0.25, -0.2) is 18.6 Å². The summed E-state index contributed by atoms with van der Waals surface area (Å²) in [6.07, 6.45) is 0. The van der Waals surface area contributed by atoms with Crippen LogP contribution in [0.2, 0.25) is 0 Å². The van der Waals surface area contributed by atoms with Gasteiger partial charge in [-0.1, -0.05) is 30.3 Å². The van der Waals surface area contributed by atoms with Gasteiger partial charge in [0.15, 0.2) is 0 Å². The number of para-hydroxylation sites is 3. The second-order valence-electron chi connectivity index (χ2n) is 5.86. The Kier molecular flexibility index (Phi) is 4.25. The van der Waals surface area contributed by atoms with Crippen LogP contribution in [0, 0.1) is 11.6 Å².